The fourth-order valence-corrected chi connectivity index (χ4v) is 3.50. The number of hydrogen-bond acceptors (Lipinski definition) is 4. The molecule has 0 amide bonds. The molecule has 1 aliphatic rings. The van der Waals surface area contributed by atoms with Gasteiger partial charge in [-0.15, -0.1) is 0 Å². The second-order valence-corrected chi connectivity index (χ2v) is 7.14. The highest BCUT2D eigenvalue weighted by Crippen LogP contribution is 2.39. The zero-order chi connectivity index (χ0) is 17.0. The Labute approximate surface area is 137 Å². The number of rotatable bonds is 6. The van der Waals surface area contributed by atoms with Crippen molar-refractivity contribution >= 4 is 11.6 Å². The van der Waals surface area contributed by atoms with E-state index in [0.717, 1.165) is 12.8 Å². The molecule has 4 heteroatoms. The van der Waals surface area contributed by atoms with Gasteiger partial charge in [-0.1, -0.05) is 33.1 Å². The molecule has 0 aromatic heterocycles. The van der Waals surface area contributed by atoms with Crippen molar-refractivity contribution in [2.75, 3.05) is 0 Å². The Morgan fingerprint density at radius 2 is 1.57 bits per heavy atom. The van der Waals surface area contributed by atoms with Crippen LogP contribution in [-0.2, 0) is 4.79 Å². The summed E-state index contributed by atoms with van der Waals surface area (Å²) in [5.41, 5.74) is -0.146. The maximum absolute atomic E-state index is 12.6. The Morgan fingerprint density at radius 3 is 2.13 bits per heavy atom. The average molecular weight is 318 g/mol. The standard InChI is InChI=1S/C19H26O4/c1-19(2,14-6-4-3-5-7-14)18(23)9-8-17(22)13-10-15(20)12-16(21)11-13/h10-12,14,20-21H,3-9H2,1-2H3. The molecule has 4 nitrogen and oxygen atoms in total. The van der Waals surface area contributed by atoms with E-state index < -0.39 is 0 Å². The maximum Gasteiger partial charge on any atom is 0.163 e. The highest BCUT2D eigenvalue weighted by atomic mass is 16.3. The van der Waals surface area contributed by atoms with E-state index in [1.165, 1.54) is 37.5 Å². The third-order valence-electron chi connectivity index (χ3n) is 5.15. The lowest BCUT2D eigenvalue weighted by Crippen LogP contribution is -2.34. The molecule has 0 spiro atoms. The SMILES string of the molecule is CC(C)(C(=O)CCC(=O)c1cc(O)cc(O)c1)C1CCCCC1. The topological polar surface area (TPSA) is 74.6 Å². The summed E-state index contributed by atoms with van der Waals surface area (Å²) in [5, 5.41) is 18.9. The summed E-state index contributed by atoms with van der Waals surface area (Å²) < 4.78 is 0. The van der Waals surface area contributed by atoms with Gasteiger partial charge in [0.1, 0.15) is 17.3 Å². The maximum atomic E-state index is 12.6. The minimum atomic E-state index is -0.387. The fraction of sp³-hybridized carbons (Fsp3) is 0.579. The summed E-state index contributed by atoms with van der Waals surface area (Å²) in [6.07, 6.45) is 6.11. The van der Waals surface area contributed by atoms with E-state index in [-0.39, 0.29) is 46.9 Å². The zero-order valence-corrected chi connectivity index (χ0v) is 14.0. The molecule has 1 fully saturated rings. The number of phenolic OH excluding ortho intramolecular Hbond substituents is 2. The van der Waals surface area contributed by atoms with Crippen LogP contribution in [0.3, 0.4) is 0 Å². The van der Waals surface area contributed by atoms with E-state index in [9.17, 15) is 19.8 Å². The normalized spacial score (nSPS) is 16.3. The van der Waals surface area contributed by atoms with Crippen molar-refractivity contribution in [3.63, 3.8) is 0 Å². The molecule has 2 N–H and O–H groups in total. The lowest BCUT2D eigenvalue weighted by molar-refractivity contribution is -0.130. The van der Waals surface area contributed by atoms with Crippen LogP contribution in [0.2, 0.25) is 0 Å². The van der Waals surface area contributed by atoms with Crippen molar-refractivity contribution in [2.45, 2.75) is 58.8 Å². The van der Waals surface area contributed by atoms with Crippen LogP contribution in [-0.4, -0.2) is 21.8 Å². The summed E-state index contributed by atoms with van der Waals surface area (Å²) in [6.45, 7) is 3.99. The molecule has 0 radical (unpaired) electrons. The van der Waals surface area contributed by atoms with Crippen molar-refractivity contribution < 1.29 is 19.8 Å². The van der Waals surface area contributed by atoms with Gasteiger partial charge in [0, 0.05) is 29.9 Å². The van der Waals surface area contributed by atoms with Crippen LogP contribution >= 0.6 is 0 Å². The lowest BCUT2D eigenvalue weighted by Gasteiger charge is -2.35. The number of carbonyl (C=O) groups is 2. The van der Waals surface area contributed by atoms with Crippen LogP contribution in [0.15, 0.2) is 18.2 Å². The van der Waals surface area contributed by atoms with Gasteiger partial charge in [-0.25, -0.2) is 0 Å². The molecule has 1 aliphatic carbocycles. The van der Waals surface area contributed by atoms with Crippen LogP contribution in [0.4, 0.5) is 0 Å². The molecule has 1 aromatic carbocycles. The minimum absolute atomic E-state index is 0.109. The van der Waals surface area contributed by atoms with E-state index in [0.29, 0.717) is 5.92 Å². The molecular formula is C19H26O4. The Hall–Kier alpha value is -1.84. The number of ketones is 2. The first-order valence-electron chi connectivity index (χ1n) is 8.40. The Bertz CT molecular complexity index is 563. The van der Waals surface area contributed by atoms with Crippen molar-refractivity contribution in [3.8, 4) is 11.5 Å². The number of hydrogen-bond donors (Lipinski definition) is 2. The van der Waals surface area contributed by atoms with E-state index in [4.69, 9.17) is 0 Å². The molecule has 1 aromatic rings. The molecule has 126 valence electrons. The first kappa shape index (κ1) is 17.5. The van der Waals surface area contributed by atoms with Crippen LogP contribution in [0.1, 0.15) is 69.2 Å². The first-order chi connectivity index (χ1) is 10.8. The predicted molar refractivity (Wildman–Crippen MR) is 88.7 cm³/mol. The predicted octanol–water partition coefficient (Wildman–Crippen LogP) is 4.24. The van der Waals surface area contributed by atoms with Gasteiger partial charge in [0.2, 0.25) is 0 Å². The van der Waals surface area contributed by atoms with E-state index in [2.05, 4.69) is 0 Å². The van der Waals surface area contributed by atoms with Gasteiger partial charge in [-0.05, 0) is 30.9 Å². The molecule has 0 unspecified atom stereocenters. The first-order valence-corrected chi connectivity index (χ1v) is 8.40. The number of carbonyl (C=O) groups excluding carboxylic acids is 2. The van der Waals surface area contributed by atoms with Crippen LogP contribution in [0.5, 0.6) is 11.5 Å². The summed E-state index contributed by atoms with van der Waals surface area (Å²) in [5.74, 6) is -0.000732. The van der Waals surface area contributed by atoms with Gasteiger partial charge in [0.25, 0.3) is 0 Å². The van der Waals surface area contributed by atoms with Gasteiger partial charge in [0.15, 0.2) is 5.78 Å². The van der Waals surface area contributed by atoms with Crippen LogP contribution in [0, 0.1) is 11.3 Å². The molecule has 2 rings (SSSR count). The Kier molecular flexibility index (Phi) is 5.45. The summed E-state index contributed by atoms with van der Waals surface area (Å²) in [4.78, 5) is 24.8. The van der Waals surface area contributed by atoms with Crippen molar-refractivity contribution in [2.24, 2.45) is 11.3 Å². The van der Waals surface area contributed by atoms with Crippen molar-refractivity contribution in [1.29, 1.82) is 0 Å². The summed E-state index contributed by atoms with van der Waals surface area (Å²) >= 11 is 0. The summed E-state index contributed by atoms with van der Waals surface area (Å²) in [7, 11) is 0. The lowest BCUT2D eigenvalue weighted by atomic mass is 9.68. The van der Waals surface area contributed by atoms with Crippen LogP contribution in [0.25, 0.3) is 0 Å². The van der Waals surface area contributed by atoms with E-state index in [1.807, 2.05) is 13.8 Å². The molecular weight excluding hydrogens is 292 g/mol. The quantitative estimate of drug-likeness (QED) is 0.769. The van der Waals surface area contributed by atoms with E-state index in [1.54, 1.807) is 0 Å². The Morgan fingerprint density at radius 1 is 1.00 bits per heavy atom. The van der Waals surface area contributed by atoms with E-state index >= 15 is 0 Å². The van der Waals surface area contributed by atoms with Crippen LogP contribution < -0.4 is 0 Å². The highest BCUT2D eigenvalue weighted by Gasteiger charge is 2.36. The van der Waals surface area contributed by atoms with Gasteiger partial charge in [-0.3, -0.25) is 9.59 Å². The fourth-order valence-electron chi connectivity index (χ4n) is 3.50. The average Bonchev–Trinajstić information content (AvgIpc) is 2.52. The highest BCUT2D eigenvalue weighted by molar-refractivity contribution is 5.99. The largest absolute Gasteiger partial charge is 0.508 e. The molecule has 0 aliphatic heterocycles. The van der Waals surface area contributed by atoms with Gasteiger partial charge < -0.3 is 10.2 Å². The number of aromatic hydroxyl groups is 2. The summed E-state index contributed by atoms with van der Waals surface area (Å²) in [6, 6.07) is 3.81. The molecule has 1 saturated carbocycles. The molecule has 0 bridgehead atoms. The third-order valence-corrected chi connectivity index (χ3v) is 5.15. The van der Waals surface area contributed by atoms with Crippen molar-refractivity contribution in [3.05, 3.63) is 23.8 Å². The van der Waals surface area contributed by atoms with Crippen molar-refractivity contribution in [1.82, 2.24) is 0 Å². The second kappa shape index (κ2) is 7.16. The molecule has 0 saturated heterocycles. The monoisotopic (exact) mass is 318 g/mol. The minimum Gasteiger partial charge on any atom is -0.508 e. The second-order valence-electron chi connectivity index (χ2n) is 7.14. The van der Waals surface area contributed by atoms with Gasteiger partial charge >= 0.3 is 0 Å². The van der Waals surface area contributed by atoms with Gasteiger partial charge in [0.05, 0.1) is 0 Å². The zero-order valence-electron chi connectivity index (χ0n) is 14.0. The molecule has 23 heavy (non-hydrogen) atoms. The number of phenols is 2. The van der Waals surface area contributed by atoms with Gasteiger partial charge in [-0.2, -0.15) is 0 Å². The number of Topliss-reactive ketones (excluding diaryl/α,β-unsaturated/α-hetero) is 2. The molecule has 0 atom stereocenters. The number of benzene rings is 1. The molecule has 0 heterocycles. The third kappa shape index (κ3) is 4.34. The smallest absolute Gasteiger partial charge is 0.163 e. The Balaban J connectivity index is 1.96.